The number of hydrogen-bond donors (Lipinski definition) is 1. The number of nitrogens with one attached hydrogen (secondary N) is 1. The number of halogens is 2. The summed E-state index contributed by atoms with van der Waals surface area (Å²) in [6.45, 7) is 5.64. The predicted molar refractivity (Wildman–Crippen MR) is 77.9 cm³/mol. The van der Waals surface area contributed by atoms with Crippen LogP contribution in [0, 0.1) is 32.4 Å². The van der Waals surface area contributed by atoms with Crippen LogP contribution < -0.4 is 5.32 Å². The second kappa shape index (κ2) is 5.71. The average molecular weight is 275 g/mol. The largest absolute Gasteiger partial charge is 0.309 e. The molecule has 0 amide bonds. The van der Waals surface area contributed by atoms with Gasteiger partial charge in [-0.25, -0.2) is 8.78 Å². The van der Waals surface area contributed by atoms with Crippen LogP contribution >= 0.6 is 0 Å². The average Bonchev–Trinajstić information content (AvgIpc) is 2.40. The minimum atomic E-state index is -0.520. The van der Waals surface area contributed by atoms with Crippen molar-refractivity contribution >= 4 is 0 Å². The van der Waals surface area contributed by atoms with E-state index < -0.39 is 11.6 Å². The summed E-state index contributed by atoms with van der Waals surface area (Å²) in [6, 6.07) is 8.33. The Hall–Kier alpha value is -1.74. The van der Waals surface area contributed by atoms with E-state index in [9.17, 15) is 8.78 Å². The lowest BCUT2D eigenvalue weighted by Gasteiger charge is -2.21. The van der Waals surface area contributed by atoms with E-state index >= 15 is 0 Å². The Morgan fingerprint density at radius 2 is 1.55 bits per heavy atom. The zero-order chi connectivity index (χ0) is 14.9. The van der Waals surface area contributed by atoms with E-state index in [2.05, 4.69) is 5.32 Å². The summed E-state index contributed by atoms with van der Waals surface area (Å²) in [7, 11) is 1.78. The second-order valence-electron chi connectivity index (χ2n) is 5.20. The lowest BCUT2D eigenvalue weighted by atomic mass is 9.92. The van der Waals surface area contributed by atoms with Crippen LogP contribution in [-0.2, 0) is 0 Å². The van der Waals surface area contributed by atoms with Gasteiger partial charge in [-0.15, -0.1) is 0 Å². The predicted octanol–water partition coefficient (Wildman–Crippen LogP) is 4.20. The molecule has 0 aliphatic rings. The van der Waals surface area contributed by atoms with Crippen LogP contribution in [0.5, 0.6) is 0 Å². The smallest absolute Gasteiger partial charge is 0.131 e. The summed E-state index contributed by atoms with van der Waals surface area (Å²) in [5.41, 5.74) is 4.13. The Bertz CT molecular complexity index is 635. The Morgan fingerprint density at radius 1 is 0.850 bits per heavy atom. The molecule has 0 spiro atoms. The van der Waals surface area contributed by atoms with Crippen molar-refractivity contribution in [3.05, 3.63) is 69.8 Å². The third-order valence-corrected chi connectivity index (χ3v) is 3.62. The normalized spacial score (nSPS) is 12.5. The van der Waals surface area contributed by atoms with Crippen molar-refractivity contribution in [2.24, 2.45) is 0 Å². The molecule has 2 aromatic rings. The highest BCUT2D eigenvalue weighted by Gasteiger charge is 2.19. The van der Waals surface area contributed by atoms with Crippen LogP contribution in [0.25, 0.3) is 0 Å². The van der Waals surface area contributed by atoms with Crippen molar-refractivity contribution in [1.29, 1.82) is 0 Å². The molecule has 1 atom stereocenters. The monoisotopic (exact) mass is 275 g/mol. The molecule has 3 heteroatoms. The van der Waals surface area contributed by atoms with Gasteiger partial charge in [0.1, 0.15) is 11.6 Å². The fourth-order valence-corrected chi connectivity index (χ4v) is 2.45. The zero-order valence-corrected chi connectivity index (χ0v) is 12.2. The van der Waals surface area contributed by atoms with Crippen LogP contribution in [0.15, 0.2) is 30.3 Å². The van der Waals surface area contributed by atoms with Gasteiger partial charge < -0.3 is 5.32 Å². The molecule has 106 valence electrons. The second-order valence-corrected chi connectivity index (χ2v) is 5.20. The Kier molecular flexibility index (Phi) is 4.19. The molecule has 0 bridgehead atoms. The third kappa shape index (κ3) is 2.73. The fraction of sp³-hybridized carbons (Fsp3) is 0.294. The molecule has 0 radical (unpaired) electrons. The molecule has 0 aliphatic heterocycles. The minimum Gasteiger partial charge on any atom is -0.309 e. The first-order valence-electron chi connectivity index (χ1n) is 6.64. The van der Waals surface area contributed by atoms with E-state index in [0.29, 0.717) is 11.1 Å². The third-order valence-electron chi connectivity index (χ3n) is 3.62. The summed E-state index contributed by atoms with van der Waals surface area (Å²) < 4.78 is 27.5. The van der Waals surface area contributed by atoms with E-state index in [1.807, 2.05) is 32.0 Å². The SMILES string of the molecule is CNC(c1cc(C)ccc1C)c1cc(C)c(F)cc1F. The van der Waals surface area contributed by atoms with Gasteiger partial charge >= 0.3 is 0 Å². The number of hydrogen-bond acceptors (Lipinski definition) is 1. The van der Waals surface area contributed by atoms with Gasteiger partial charge in [0, 0.05) is 11.6 Å². The highest BCUT2D eigenvalue weighted by Crippen LogP contribution is 2.29. The first-order valence-corrected chi connectivity index (χ1v) is 6.64. The summed E-state index contributed by atoms with van der Waals surface area (Å²) >= 11 is 0. The minimum absolute atomic E-state index is 0.283. The van der Waals surface area contributed by atoms with Crippen molar-refractivity contribution in [3.8, 4) is 0 Å². The van der Waals surface area contributed by atoms with E-state index in [1.165, 1.54) is 0 Å². The lowest BCUT2D eigenvalue weighted by Crippen LogP contribution is -2.20. The van der Waals surface area contributed by atoms with E-state index in [0.717, 1.165) is 22.8 Å². The standard InChI is InChI=1S/C17H19F2N/c1-10-5-6-11(2)13(7-10)17(20-4)14-8-12(3)15(18)9-16(14)19/h5-9,17,20H,1-4H3. The number of benzene rings is 2. The Morgan fingerprint density at radius 3 is 2.20 bits per heavy atom. The van der Waals surface area contributed by atoms with Gasteiger partial charge in [0.05, 0.1) is 6.04 Å². The molecule has 2 rings (SSSR count). The zero-order valence-electron chi connectivity index (χ0n) is 12.2. The molecule has 0 saturated carbocycles. The molecule has 1 N–H and O–H groups in total. The Labute approximate surface area is 118 Å². The molecule has 20 heavy (non-hydrogen) atoms. The highest BCUT2D eigenvalue weighted by molar-refractivity contribution is 5.41. The lowest BCUT2D eigenvalue weighted by molar-refractivity contribution is 0.547. The molecule has 1 nitrogen and oxygen atoms in total. The molecule has 2 aromatic carbocycles. The van der Waals surface area contributed by atoms with Crippen LogP contribution in [0.4, 0.5) is 8.78 Å². The first-order chi connectivity index (χ1) is 9.43. The maximum atomic E-state index is 14.1. The molecule has 1 unspecified atom stereocenters. The van der Waals surface area contributed by atoms with E-state index in [-0.39, 0.29) is 6.04 Å². The van der Waals surface area contributed by atoms with Crippen molar-refractivity contribution < 1.29 is 8.78 Å². The molecular formula is C17H19F2N. The van der Waals surface area contributed by atoms with Crippen LogP contribution in [-0.4, -0.2) is 7.05 Å². The molecule has 0 saturated heterocycles. The van der Waals surface area contributed by atoms with Crippen molar-refractivity contribution in [2.45, 2.75) is 26.8 Å². The van der Waals surface area contributed by atoms with Gasteiger partial charge in [-0.05, 0) is 50.6 Å². The molecule has 0 heterocycles. The van der Waals surface area contributed by atoms with Crippen molar-refractivity contribution in [3.63, 3.8) is 0 Å². The Balaban J connectivity index is 2.58. The van der Waals surface area contributed by atoms with Gasteiger partial charge in [0.25, 0.3) is 0 Å². The van der Waals surface area contributed by atoms with Gasteiger partial charge in [-0.1, -0.05) is 23.8 Å². The van der Waals surface area contributed by atoms with Crippen LogP contribution in [0.3, 0.4) is 0 Å². The molecule has 0 aromatic heterocycles. The van der Waals surface area contributed by atoms with Crippen LogP contribution in [0.1, 0.15) is 33.9 Å². The number of aryl methyl sites for hydroxylation is 3. The van der Waals surface area contributed by atoms with Crippen LogP contribution in [0.2, 0.25) is 0 Å². The van der Waals surface area contributed by atoms with Gasteiger partial charge in [0.2, 0.25) is 0 Å². The quantitative estimate of drug-likeness (QED) is 0.885. The van der Waals surface area contributed by atoms with Crippen molar-refractivity contribution in [2.75, 3.05) is 7.05 Å². The highest BCUT2D eigenvalue weighted by atomic mass is 19.1. The maximum Gasteiger partial charge on any atom is 0.131 e. The summed E-state index contributed by atoms with van der Waals surface area (Å²) in [5, 5.41) is 3.13. The van der Waals surface area contributed by atoms with Gasteiger partial charge in [0.15, 0.2) is 0 Å². The summed E-state index contributed by atoms with van der Waals surface area (Å²) in [5.74, 6) is -1.03. The molecule has 0 fully saturated rings. The molecular weight excluding hydrogens is 256 g/mol. The van der Waals surface area contributed by atoms with Gasteiger partial charge in [-0.2, -0.15) is 0 Å². The van der Waals surface area contributed by atoms with Crippen molar-refractivity contribution in [1.82, 2.24) is 5.32 Å². The molecule has 0 aliphatic carbocycles. The number of rotatable bonds is 3. The topological polar surface area (TPSA) is 12.0 Å². The summed E-state index contributed by atoms with van der Waals surface area (Å²) in [4.78, 5) is 0. The first kappa shape index (κ1) is 14.7. The fourth-order valence-electron chi connectivity index (χ4n) is 2.45. The van der Waals surface area contributed by atoms with Gasteiger partial charge in [-0.3, -0.25) is 0 Å². The van der Waals surface area contributed by atoms with E-state index in [4.69, 9.17) is 0 Å². The van der Waals surface area contributed by atoms with E-state index in [1.54, 1.807) is 20.0 Å². The summed E-state index contributed by atoms with van der Waals surface area (Å²) in [6.07, 6.45) is 0. The maximum absolute atomic E-state index is 14.1.